The first-order valence-electron chi connectivity index (χ1n) is 15.0. The number of rotatable bonds is 6. The number of halogens is 4. The Morgan fingerprint density at radius 2 is 1.93 bits per heavy atom. The van der Waals surface area contributed by atoms with Gasteiger partial charge in [0.2, 0.25) is 5.91 Å². The molecule has 0 spiro atoms. The lowest BCUT2D eigenvalue weighted by atomic mass is 9.70. The normalized spacial score (nSPS) is 17.7. The van der Waals surface area contributed by atoms with Crippen molar-refractivity contribution in [2.45, 2.75) is 72.3 Å². The Balaban J connectivity index is 1.53. The van der Waals surface area contributed by atoms with Gasteiger partial charge in [-0.15, -0.1) is 0 Å². The Labute approximate surface area is 269 Å². The number of hydrogen-bond donors (Lipinski definition) is 2. The molecule has 45 heavy (non-hydrogen) atoms. The van der Waals surface area contributed by atoms with Crippen molar-refractivity contribution in [3.63, 3.8) is 0 Å². The quantitative estimate of drug-likeness (QED) is 0.205. The molecule has 239 valence electrons. The molecular weight excluding hydrogens is 619 g/mol. The Morgan fingerprint density at radius 3 is 2.58 bits per heavy atom. The summed E-state index contributed by atoms with van der Waals surface area (Å²) in [7, 11) is -1.13. The van der Waals surface area contributed by atoms with E-state index >= 15 is 0 Å². The molecule has 2 aromatic carbocycles. The maximum absolute atomic E-state index is 13.8. The zero-order valence-electron chi connectivity index (χ0n) is 26.1. The van der Waals surface area contributed by atoms with Gasteiger partial charge in [0.1, 0.15) is 5.75 Å². The monoisotopic (exact) mass is 656 g/mol. The summed E-state index contributed by atoms with van der Waals surface area (Å²) in [6.45, 7) is 10.8. The number of aromatic nitrogens is 1. The molecule has 0 bridgehead atoms. The van der Waals surface area contributed by atoms with Crippen LogP contribution in [0.2, 0.25) is 18.1 Å². The van der Waals surface area contributed by atoms with Crippen LogP contribution in [0.25, 0.3) is 5.57 Å². The van der Waals surface area contributed by atoms with Crippen LogP contribution in [0.5, 0.6) is 5.75 Å². The van der Waals surface area contributed by atoms with Crippen LogP contribution in [0.1, 0.15) is 61.4 Å². The molecular formula is C34H38ClF3N3O3Si. The van der Waals surface area contributed by atoms with Crippen LogP contribution in [0.4, 0.5) is 30.4 Å². The average molecular weight is 657 g/mol. The number of aryl methyl sites for hydroxylation is 1. The van der Waals surface area contributed by atoms with E-state index in [-0.39, 0.29) is 41.0 Å². The smallest absolute Gasteiger partial charge is 0.416 e. The van der Waals surface area contributed by atoms with Crippen LogP contribution in [0.3, 0.4) is 0 Å². The lowest BCUT2D eigenvalue weighted by Gasteiger charge is -2.36. The number of hydrogen-bond acceptors (Lipinski definition) is 5. The Hall–Kier alpha value is -3.34. The van der Waals surface area contributed by atoms with Crippen molar-refractivity contribution in [2.75, 3.05) is 16.8 Å². The van der Waals surface area contributed by atoms with E-state index in [1.807, 2.05) is 19.2 Å². The number of alkyl halides is 3. The van der Waals surface area contributed by atoms with Crippen LogP contribution in [0, 0.1) is 11.3 Å². The molecule has 1 atom stereocenters. The first-order valence-corrected chi connectivity index (χ1v) is 17.8. The first kappa shape index (κ1) is 33.0. The molecule has 3 aromatic rings. The molecule has 1 radical (unpaired) electrons. The number of anilines is 3. The fraction of sp³-hybridized carbons (Fsp3) is 0.412. The maximum atomic E-state index is 13.8. The lowest BCUT2D eigenvalue weighted by Crippen LogP contribution is -2.28. The largest absolute Gasteiger partial charge is 0.541 e. The summed E-state index contributed by atoms with van der Waals surface area (Å²) in [6, 6.07) is 9.06. The fourth-order valence-electron chi connectivity index (χ4n) is 6.13. The third kappa shape index (κ3) is 7.23. The highest BCUT2D eigenvalue weighted by Crippen LogP contribution is 2.45. The number of carbonyl (C=O) groups excluding carboxylic acids is 1. The van der Waals surface area contributed by atoms with E-state index in [4.69, 9.17) is 16.0 Å². The van der Waals surface area contributed by atoms with Crippen molar-refractivity contribution in [1.29, 1.82) is 0 Å². The molecule has 1 aliphatic heterocycles. The molecule has 2 heterocycles. The third-order valence-electron chi connectivity index (χ3n) is 8.56. The molecule has 1 amide bonds. The van der Waals surface area contributed by atoms with Gasteiger partial charge in [0.15, 0.2) is 5.82 Å². The molecule has 0 fully saturated rings. The predicted octanol–water partition coefficient (Wildman–Crippen LogP) is 8.59. The third-order valence-corrected chi connectivity index (χ3v) is 9.47. The molecule has 11 heteroatoms. The van der Waals surface area contributed by atoms with Crippen LogP contribution < -0.4 is 14.6 Å². The van der Waals surface area contributed by atoms with Crippen molar-refractivity contribution in [2.24, 2.45) is 11.3 Å². The van der Waals surface area contributed by atoms with Gasteiger partial charge >= 0.3 is 6.18 Å². The number of nitrogens with one attached hydrogen (secondary N) is 1. The minimum absolute atomic E-state index is 0.103. The zero-order chi connectivity index (χ0) is 32.7. The topological polar surface area (TPSA) is 74.7 Å². The number of carbonyl (C=O) groups is 1. The van der Waals surface area contributed by atoms with E-state index in [1.165, 1.54) is 23.9 Å². The van der Waals surface area contributed by atoms with Crippen LogP contribution >= 0.6 is 11.6 Å². The zero-order valence-corrected chi connectivity index (χ0v) is 27.9. The van der Waals surface area contributed by atoms with Gasteiger partial charge in [-0.25, -0.2) is 4.98 Å². The minimum atomic E-state index is -4.57. The fourth-order valence-corrected chi connectivity index (χ4v) is 7.03. The summed E-state index contributed by atoms with van der Waals surface area (Å²) in [5.74, 6) is 0.991. The van der Waals surface area contributed by atoms with Crippen molar-refractivity contribution in [3.8, 4) is 5.75 Å². The SMILES string of the molecule is C[Si](C)Oc1ccc2c(c1NC(=O)C=C1CCN(c3ncc(CO)cc3Cl)c3cc(C(F)(F)F)ccc31)CC(C(C)(C)C)CC2. The van der Waals surface area contributed by atoms with E-state index in [2.05, 4.69) is 37.1 Å². The minimum Gasteiger partial charge on any atom is -0.541 e. The van der Waals surface area contributed by atoms with E-state index in [9.17, 15) is 23.1 Å². The van der Waals surface area contributed by atoms with Gasteiger partial charge in [0.25, 0.3) is 9.04 Å². The van der Waals surface area contributed by atoms with Crippen LogP contribution in [-0.2, 0) is 30.4 Å². The second-order valence-electron chi connectivity index (χ2n) is 13.0. The maximum Gasteiger partial charge on any atom is 0.416 e. The summed E-state index contributed by atoms with van der Waals surface area (Å²) in [5, 5.41) is 12.8. The van der Waals surface area contributed by atoms with Gasteiger partial charge in [-0.2, -0.15) is 13.2 Å². The standard InChI is InChI=1S/C34H38ClF3N3O3Si/c1-33(2,3)23-8-6-21-7-11-29(44-45(4)5)31(26(21)16-23)40-30(43)15-22-12-13-41(32-27(35)14-20(19-42)18-39-32)28-17-24(34(36,37)38)9-10-25(22)28/h7,9-11,14-15,17-18,23,42H,6,8,12-13,16,19H2,1-5H3,(H,40,43). The van der Waals surface area contributed by atoms with Gasteiger partial charge in [-0.1, -0.05) is 44.5 Å². The Morgan fingerprint density at radius 1 is 1.18 bits per heavy atom. The number of aliphatic hydroxyl groups excluding tert-OH is 1. The second-order valence-corrected chi connectivity index (χ2v) is 15.4. The van der Waals surface area contributed by atoms with Gasteiger partial charge in [0.05, 0.1) is 28.6 Å². The summed E-state index contributed by atoms with van der Waals surface area (Å²) in [6.07, 6.45) is 1.52. The van der Waals surface area contributed by atoms with Crippen molar-refractivity contribution in [3.05, 3.63) is 81.5 Å². The van der Waals surface area contributed by atoms with Gasteiger partial charge < -0.3 is 19.7 Å². The lowest BCUT2D eigenvalue weighted by molar-refractivity contribution is -0.137. The van der Waals surface area contributed by atoms with E-state index in [0.29, 0.717) is 40.5 Å². The molecule has 1 aromatic heterocycles. The van der Waals surface area contributed by atoms with E-state index in [0.717, 1.165) is 37.0 Å². The Bertz CT molecular complexity index is 1640. The van der Waals surface area contributed by atoms with Crippen LogP contribution in [0.15, 0.2) is 48.7 Å². The summed E-state index contributed by atoms with van der Waals surface area (Å²) < 4.78 is 47.7. The number of amides is 1. The van der Waals surface area contributed by atoms with Gasteiger partial charge in [0, 0.05) is 24.4 Å². The molecule has 1 unspecified atom stereocenters. The summed E-state index contributed by atoms with van der Waals surface area (Å²) in [5.41, 5.74) is 4.08. The number of pyridine rings is 1. The molecule has 0 saturated heterocycles. The van der Waals surface area contributed by atoms with E-state index in [1.54, 1.807) is 11.0 Å². The van der Waals surface area contributed by atoms with E-state index < -0.39 is 20.8 Å². The van der Waals surface area contributed by atoms with Crippen molar-refractivity contribution in [1.82, 2.24) is 4.98 Å². The summed E-state index contributed by atoms with van der Waals surface area (Å²) in [4.78, 5) is 19.7. The predicted molar refractivity (Wildman–Crippen MR) is 174 cm³/mol. The highest BCUT2D eigenvalue weighted by atomic mass is 35.5. The first-order chi connectivity index (χ1) is 21.2. The van der Waals surface area contributed by atoms with Gasteiger partial charge in [-0.05, 0) is 96.6 Å². The van der Waals surface area contributed by atoms with Crippen molar-refractivity contribution < 1.29 is 27.5 Å². The number of aliphatic hydroxyl groups is 1. The average Bonchev–Trinajstić information content (AvgIpc) is 2.97. The molecule has 2 N–H and O–H groups in total. The molecule has 1 aliphatic carbocycles. The molecule has 6 nitrogen and oxygen atoms in total. The number of benzene rings is 2. The number of fused-ring (bicyclic) bond motifs is 2. The Kier molecular flexibility index (Phi) is 9.40. The molecule has 0 saturated carbocycles. The second kappa shape index (κ2) is 12.8. The van der Waals surface area contributed by atoms with Gasteiger partial charge in [-0.3, -0.25) is 4.79 Å². The highest BCUT2D eigenvalue weighted by molar-refractivity contribution is 6.49. The molecule has 5 rings (SSSR count). The number of nitrogens with zero attached hydrogens (tertiary/aromatic N) is 2. The van der Waals surface area contributed by atoms with Crippen LogP contribution in [-0.4, -0.2) is 31.6 Å². The molecule has 2 aliphatic rings. The highest BCUT2D eigenvalue weighted by Gasteiger charge is 2.34. The van der Waals surface area contributed by atoms with Crippen molar-refractivity contribution >= 4 is 49.3 Å². The summed E-state index contributed by atoms with van der Waals surface area (Å²) >= 11 is 6.47.